The first-order chi connectivity index (χ1) is 14.2. The van der Waals surface area contributed by atoms with Crippen molar-refractivity contribution in [3.8, 4) is 0 Å². The van der Waals surface area contributed by atoms with Gasteiger partial charge in [0.05, 0.1) is 0 Å². The summed E-state index contributed by atoms with van der Waals surface area (Å²) in [5.74, 6) is 3.65. The molecule has 5 fully saturated rings. The summed E-state index contributed by atoms with van der Waals surface area (Å²) in [7, 11) is 0. The summed E-state index contributed by atoms with van der Waals surface area (Å²) in [6.45, 7) is 20.5. The van der Waals surface area contributed by atoms with E-state index < -0.39 is 0 Å². The summed E-state index contributed by atoms with van der Waals surface area (Å²) in [6.07, 6.45) is 14.7. The Morgan fingerprint density at radius 1 is 0.645 bits per heavy atom. The predicted molar refractivity (Wildman–Crippen MR) is 130 cm³/mol. The van der Waals surface area contributed by atoms with Crippen molar-refractivity contribution >= 4 is 5.78 Å². The summed E-state index contributed by atoms with van der Waals surface area (Å²) in [6, 6.07) is 0. The lowest BCUT2D eigenvalue weighted by molar-refractivity contribution is -0.249. The molecule has 5 saturated carbocycles. The van der Waals surface area contributed by atoms with Gasteiger partial charge in [0, 0.05) is 11.8 Å². The number of carbonyl (C=O) groups excluding carboxylic acids is 1. The second-order valence-corrected chi connectivity index (χ2v) is 15.4. The van der Waals surface area contributed by atoms with E-state index in [-0.39, 0.29) is 5.41 Å². The van der Waals surface area contributed by atoms with Crippen LogP contribution in [0.5, 0.6) is 0 Å². The molecule has 0 aromatic heterocycles. The van der Waals surface area contributed by atoms with Gasteiger partial charge in [0.2, 0.25) is 0 Å². The van der Waals surface area contributed by atoms with Gasteiger partial charge in [-0.05, 0) is 115 Å². The number of hydrogen-bond donors (Lipinski definition) is 0. The molecule has 8 atom stereocenters. The Morgan fingerprint density at radius 2 is 1.26 bits per heavy atom. The average molecular weight is 427 g/mol. The number of ketones is 1. The van der Waals surface area contributed by atoms with E-state index in [0.717, 1.165) is 24.2 Å². The Kier molecular flexibility index (Phi) is 4.65. The van der Waals surface area contributed by atoms with Gasteiger partial charge in [0.25, 0.3) is 0 Å². The van der Waals surface area contributed by atoms with Crippen molar-refractivity contribution in [3.63, 3.8) is 0 Å². The summed E-state index contributed by atoms with van der Waals surface area (Å²) in [5, 5.41) is 0. The van der Waals surface area contributed by atoms with Crippen LogP contribution < -0.4 is 0 Å². The third-order valence-corrected chi connectivity index (χ3v) is 13.4. The molecule has 1 nitrogen and oxygen atoms in total. The largest absolute Gasteiger partial charge is 0.299 e. The van der Waals surface area contributed by atoms with E-state index in [1.165, 1.54) is 64.2 Å². The van der Waals surface area contributed by atoms with Crippen LogP contribution in [0.4, 0.5) is 0 Å². The molecule has 8 unspecified atom stereocenters. The Labute approximate surface area is 192 Å². The van der Waals surface area contributed by atoms with Crippen molar-refractivity contribution in [2.24, 2.45) is 56.2 Å². The van der Waals surface area contributed by atoms with Crippen LogP contribution >= 0.6 is 0 Å². The minimum atomic E-state index is -0.100. The summed E-state index contributed by atoms with van der Waals surface area (Å²) in [4.78, 5) is 12.8. The fourth-order valence-electron chi connectivity index (χ4n) is 11.0. The van der Waals surface area contributed by atoms with Gasteiger partial charge in [-0.25, -0.2) is 0 Å². The molecular formula is C30H50O. The summed E-state index contributed by atoms with van der Waals surface area (Å²) >= 11 is 0. The maximum absolute atomic E-state index is 12.8. The number of fused-ring (bicyclic) bond motifs is 7. The van der Waals surface area contributed by atoms with Gasteiger partial charge in [-0.15, -0.1) is 0 Å². The van der Waals surface area contributed by atoms with E-state index in [9.17, 15) is 4.79 Å². The van der Waals surface area contributed by atoms with Gasteiger partial charge in [0.1, 0.15) is 5.78 Å². The van der Waals surface area contributed by atoms with Gasteiger partial charge in [-0.1, -0.05) is 55.4 Å². The maximum Gasteiger partial charge on any atom is 0.138 e. The summed E-state index contributed by atoms with van der Waals surface area (Å²) in [5.41, 5.74) is 2.36. The van der Waals surface area contributed by atoms with Crippen LogP contribution in [0.2, 0.25) is 0 Å². The second kappa shape index (κ2) is 6.41. The Balaban J connectivity index is 1.53. The number of Topliss-reactive ketones (excluding diaryl/α,β-unsaturated/α-hetero) is 1. The van der Waals surface area contributed by atoms with Crippen molar-refractivity contribution < 1.29 is 4.79 Å². The van der Waals surface area contributed by atoms with Crippen molar-refractivity contribution in [3.05, 3.63) is 0 Å². The number of carbonyl (C=O) groups is 1. The van der Waals surface area contributed by atoms with E-state index in [2.05, 4.69) is 55.4 Å². The van der Waals surface area contributed by atoms with Crippen LogP contribution in [0.15, 0.2) is 0 Å². The Morgan fingerprint density at radius 3 is 1.97 bits per heavy atom. The topological polar surface area (TPSA) is 17.1 Å². The van der Waals surface area contributed by atoms with Crippen molar-refractivity contribution in [2.75, 3.05) is 0 Å². The molecule has 176 valence electrons. The van der Waals surface area contributed by atoms with Crippen molar-refractivity contribution in [1.29, 1.82) is 0 Å². The van der Waals surface area contributed by atoms with E-state index in [1.807, 2.05) is 0 Å². The molecule has 0 saturated heterocycles. The fraction of sp³-hybridized carbons (Fsp3) is 0.967. The number of rotatable bonds is 0. The lowest BCUT2D eigenvalue weighted by atomic mass is 9.31. The first kappa shape index (κ1) is 22.5. The van der Waals surface area contributed by atoms with Gasteiger partial charge in [0.15, 0.2) is 0 Å². The minimum absolute atomic E-state index is 0.100. The molecule has 0 bridgehead atoms. The van der Waals surface area contributed by atoms with Crippen LogP contribution in [0.1, 0.15) is 126 Å². The zero-order valence-electron chi connectivity index (χ0n) is 22.0. The van der Waals surface area contributed by atoms with Crippen LogP contribution in [-0.4, -0.2) is 5.78 Å². The second-order valence-electron chi connectivity index (χ2n) is 15.4. The molecule has 0 heterocycles. The molecule has 0 amide bonds. The first-order valence-corrected chi connectivity index (χ1v) is 13.7. The highest BCUT2D eigenvalue weighted by atomic mass is 16.1. The zero-order chi connectivity index (χ0) is 22.7. The number of hydrogen-bond acceptors (Lipinski definition) is 1. The monoisotopic (exact) mass is 426 g/mol. The third-order valence-electron chi connectivity index (χ3n) is 13.4. The first-order valence-electron chi connectivity index (χ1n) is 13.7. The lowest BCUT2D eigenvalue weighted by Gasteiger charge is -2.74. The van der Waals surface area contributed by atoms with Gasteiger partial charge in [-0.3, -0.25) is 4.79 Å². The Hall–Kier alpha value is -0.330. The van der Waals surface area contributed by atoms with Crippen LogP contribution in [0, 0.1) is 56.2 Å². The molecule has 1 heteroatoms. The van der Waals surface area contributed by atoms with Crippen molar-refractivity contribution in [2.45, 2.75) is 126 Å². The zero-order valence-corrected chi connectivity index (χ0v) is 22.0. The van der Waals surface area contributed by atoms with E-state index in [4.69, 9.17) is 0 Å². The average Bonchev–Trinajstić information content (AvgIpc) is 2.68. The quantitative estimate of drug-likeness (QED) is 0.379. The SMILES string of the molecule is CC1(C)CCC2(C)CCC3(C)C4CCC5C(CCC(=O)C5(C)C)C4(C)CCC3(C)C2C1. The highest BCUT2D eigenvalue weighted by molar-refractivity contribution is 5.85. The predicted octanol–water partition coefficient (Wildman–Crippen LogP) is 8.46. The molecule has 0 aromatic carbocycles. The Bertz CT molecular complexity index is 777. The normalized spacial score (nSPS) is 55.4. The highest BCUT2D eigenvalue weighted by Gasteiger charge is 2.70. The maximum atomic E-state index is 12.8. The van der Waals surface area contributed by atoms with Crippen LogP contribution in [0.25, 0.3) is 0 Å². The van der Waals surface area contributed by atoms with Crippen molar-refractivity contribution in [1.82, 2.24) is 0 Å². The molecular weight excluding hydrogens is 376 g/mol. The standard InChI is InChI=1S/C30H50O/c1-25(2)13-14-27(5)15-17-29(7)22-11-9-20-21(10-12-24(31)26(20,3)4)28(22,6)16-18-30(29,8)23(27)19-25/h20-23H,9-19H2,1-8H3. The molecule has 5 aliphatic rings. The minimum Gasteiger partial charge on any atom is -0.299 e. The van der Waals surface area contributed by atoms with Gasteiger partial charge < -0.3 is 0 Å². The van der Waals surface area contributed by atoms with Gasteiger partial charge >= 0.3 is 0 Å². The molecule has 5 aliphatic carbocycles. The van der Waals surface area contributed by atoms with E-state index in [0.29, 0.717) is 38.8 Å². The fourth-order valence-corrected chi connectivity index (χ4v) is 11.0. The molecule has 5 rings (SSSR count). The van der Waals surface area contributed by atoms with Gasteiger partial charge in [-0.2, -0.15) is 0 Å². The van der Waals surface area contributed by atoms with E-state index >= 15 is 0 Å². The third kappa shape index (κ3) is 2.76. The van der Waals surface area contributed by atoms with E-state index in [1.54, 1.807) is 0 Å². The smallest absolute Gasteiger partial charge is 0.138 e. The van der Waals surface area contributed by atoms with Crippen LogP contribution in [0.3, 0.4) is 0 Å². The molecule has 0 radical (unpaired) electrons. The summed E-state index contributed by atoms with van der Waals surface area (Å²) < 4.78 is 0. The highest BCUT2D eigenvalue weighted by Crippen LogP contribution is 2.77. The van der Waals surface area contributed by atoms with Crippen LogP contribution in [-0.2, 0) is 4.79 Å². The lowest BCUT2D eigenvalue weighted by Crippen LogP contribution is -2.67. The molecule has 0 aromatic rings. The molecule has 0 N–H and O–H groups in total. The molecule has 0 aliphatic heterocycles. The molecule has 31 heavy (non-hydrogen) atoms. The molecule has 0 spiro atoms.